The van der Waals surface area contributed by atoms with Gasteiger partial charge >= 0.3 is 0 Å². The van der Waals surface area contributed by atoms with Gasteiger partial charge in [-0.05, 0) is 43.2 Å². The topological polar surface area (TPSA) is 59.1 Å². The first kappa shape index (κ1) is 14.9. The largest absolute Gasteiger partial charge is 0.311 e. The molecule has 0 spiro atoms. The molecule has 2 aromatic rings. The zero-order chi connectivity index (χ0) is 15.2. The molecular weight excluding hydrogens is 264 g/mol. The zero-order valence-corrected chi connectivity index (χ0v) is 12.2. The molecule has 0 saturated heterocycles. The number of Topliss-reactive ketones (excluding diaryl/α,β-unsaturated/α-hetero) is 1. The van der Waals surface area contributed by atoms with Crippen molar-refractivity contribution in [3.63, 3.8) is 0 Å². The fourth-order valence-electron chi connectivity index (χ4n) is 1.93. The van der Waals surface area contributed by atoms with Gasteiger partial charge in [-0.2, -0.15) is 0 Å². The average Bonchev–Trinajstić information content (AvgIpc) is 2.48. The van der Waals surface area contributed by atoms with Gasteiger partial charge in [0, 0.05) is 24.6 Å². The standard InChI is InChI=1S/C17H18N2O2/c1-12-6-7-14(11-13(12)2)15(20)8-9-17(21)19-16-5-3-4-10-18-16/h3-7,10-11H,8-9H2,1-2H3,(H,18,19,21). The lowest BCUT2D eigenvalue weighted by molar-refractivity contribution is -0.116. The lowest BCUT2D eigenvalue weighted by atomic mass is 10.0. The fourth-order valence-corrected chi connectivity index (χ4v) is 1.93. The minimum Gasteiger partial charge on any atom is -0.311 e. The monoisotopic (exact) mass is 282 g/mol. The molecule has 2 rings (SSSR count). The van der Waals surface area contributed by atoms with E-state index in [0.717, 1.165) is 11.1 Å². The number of carbonyl (C=O) groups excluding carboxylic acids is 2. The van der Waals surface area contributed by atoms with Crippen molar-refractivity contribution in [3.05, 3.63) is 59.3 Å². The van der Waals surface area contributed by atoms with Crippen LogP contribution >= 0.6 is 0 Å². The number of aryl methyl sites for hydroxylation is 2. The highest BCUT2D eigenvalue weighted by Gasteiger charge is 2.10. The molecule has 0 bridgehead atoms. The lowest BCUT2D eigenvalue weighted by Crippen LogP contribution is -2.14. The molecule has 21 heavy (non-hydrogen) atoms. The van der Waals surface area contributed by atoms with E-state index >= 15 is 0 Å². The van der Waals surface area contributed by atoms with Gasteiger partial charge in [0.05, 0.1) is 0 Å². The van der Waals surface area contributed by atoms with E-state index in [1.807, 2.05) is 26.0 Å². The van der Waals surface area contributed by atoms with Gasteiger partial charge in [0.25, 0.3) is 0 Å². The molecule has 0 aliphatic rings. The van der Waals surface area contributed by atoms with E-state index in [9.17, 15) is 9.59 Å². The van der Waals surface area contributed by atoms with Crippen molar-refractivity contribution in [1.29, 1.82) is 0 Å². The third-order valence-corrected chi connectivity index (χ3v) is 3.34. The van der Waals surface area contributed by atoms with E-state index in [4.69, 9.17) is 0 Å². The number of amides is 1. The lowest BCUT2D eigenvalue weighted by Gasteiger charge is -2.05. The van der Waals surface area contributed by atoms with Gasteiger partial charge in [0.2, 0.25) is 5.91 Å². The van der Waals surface area contributed by atoms with Crippen LogP contribution in [0, 0.1) is 13.8 Å². The van der Waals surface area contributed by atoms with E-state index in [1.54, 1.807) is 30.5 Å². The average molecular weight is 282 g/mol. The molecule has 1 aromatic carbocycles. The van der Waals surface area contributed by atoms with Gasteiger partial charge in [0.15, 0.2) is 5.78 Å². The first-order valence-electron chi connectivity index (χ1n) is 6.87. The summed E-state index contributed by atoms with van der Waals surface area (Å²) in [5.74, 6) is 0.279. The molecule has 0 aliphatic carbocycles. The van der Waals surface area contributed by atoms with Gasteiger partial charge in [0.1, 0.15) is 5.82 Å². The maximum Gasteiger partial charge on any atom is 0.225 e. The van der Waals surface area contributed by atoms with Crippen LogP contribution in [0.1, 0.15) is 34.3 Å². The van der Waals surface area contributed by atoms with Crippen molar-refractivity contribution in [2.75, 3.05) is 5.32 Å². The predicted octanol–water partition coefficient (Wildman–Crippen LogP) is 3.30. The number of nitrogens with zero attached hydrogens (tertiary/aromatic N) is 1. The summed E-state index contributed by atoms with van der Waals surface area (Å²) in [5.41, 5.74) is 2.89. The van der Waals surface area contributed by atoms with E-state index in [1.165, 1.54) is 0 Å². The number of benzene rings is 1. The maximum absolute atomic E-state index is 12.1. The quantitative estimate of drug-likeness (QED) is 0.856. The second-order valence-electron chi connectivity index (χ2n) is 4.99. The summed E-state index contributed by atoms with van der Waals surface area (Å²) in [6.07, 6.45) is 1.96. The van der Waals surface area contributed by atoms with Gasteiger partial charge < -0.3 is 5.32 Å². The van der Waals surface area contributed by atoms with Crippen molar-refractivity contribution >= 4 is 17.5 Å². The van der Waals surface area contributed by atoms with Crippen molar-refractivity contribution in [1.82, 2.24) is 4.98 Å². The third-order valence-electron chi connectivity index (χ3n) is 3.34. The maximum atomic E-state index is 12.1. The Morgan fingerprint density at radius 1 is 1.05 bits per heavy atom. The highest BCUT2D eigenvalue weighted by Crippen LogP contribution is 2.12. The Hall–Kier alpha value is -2.49. The summed E-state index contributed by atoms with van der Waals surface area (Å²) in [4.78, 5) is 27.8. The van der Waals surface area contributed by atoms with E-state index < -0.39 is 0 Å². The first-order chi connectivity index (χ1) is 10.1. The Kier molecular flexibility index (Phi) is 4.82. The normalized spacial score (nSPS) is 10.2. The molecule has 108 valence electrons. The first-order valence-corrected chi connectivity index (χ1v) is 6.87. The Balaban J connectivity index is 1.89. The molecule has 0 fully saturated rings. The van der Waals surface area contributed by atoms with Gasteiger partial charge in [-0.15, -0.1) is 0 Å². The van der Waals surface area contributed by atoms with Crippen LogP contribution in [0.5, 0.6) is 0 Å². The Morgan fingerprint density at radius 3 is 2.52 bits per heavy atom. The van der Waals surface area contributed by atoms with Crippen molar-refractivity contribution < 1.29 is 9.59 Å². The minimum atomic E-state index is -0.203. The van der Waals surface area contributed by atoms with E-state index in [0.29, 0.717) is 11.4 Å². The molecular formula is C17H18N2O2. The number of hydrogen-bond donors (Lipinski definition) is 1. The second-order valence-corrected chi connectivity index (χ2v) is 4.99. The number of nitrogens with one attached hydrogen (secondary N) is 1. The molecule has 1 heterocycles. The molecule has 1 amide bonds. The molecule has 0 unspecified atom stereocenters. The number of aromatic nitrogens is 1. The van der Waals surface area contributed by atoms with Crippen LogP contribution < -0.4 is 5.32 Å². The summed E-state index contributed by atoms with van der Waals surface area (Å²) in [5, 5.41) is 2.67. The molecule has 1 N–H and O–H groups in total. The van der Waals surface area contributed by atoms with Crippen LogP contribution in [-0.2, 0) is 4.79 Å². The number of carbonyl (C=O) groups is 2. The van der Waals surface area contributed by atoms with Gasteiger partial charge in [-0.3, -0.25) is 9.59 Å². The van der Waals surface area contributed by atoms with Crippen LogP contribution in [0.4, 0.5) is 5.82 Å². The smallest absolute Gasteiger partial charge is 0.225 e. The SMILES string of the molecule is Cc1ccc(C(=O)CCC(=O)Nc2ccccn2)cc1C. The Bertz CT molecular complexity index is 651. The molecule has 0 atom stereocenters. The number of hydrogen-bond acceptors (Lipinski definition) is 3. The van der Waals surface area contributed by atoms with Crippen LogP contribution in [0.15, 0.2) is 42.6 Å². The van der Waals surface area contributed by atoms with Crippen LogP contribution in [0.2, 0.25) is 0 Å². The van der Waals surface area contributed by atoms with Crippen molar-refractivity contribution in [2.45, 2.75) is 26.7 Å². The van der Waals surface area contributed by atoms with Crippen molar-refractivity contribution in [2.24, 2.45) is 0 Å². The highest BCUT2D eigenvalue weighted by atomic mass is 16.2. The number of anilines is 1. The Labute approximate surface area is 124 Å². The third kappa shape index (κ3) is 4.24. The van der Waals surface area contributed by atoms with E-state index in [-0.39, 0.29) is 24.5 Å². The number of ketones is 1. The molecule has 0 radical (unpaired) electrons. The number of pyridine rings is 1. The van der Waals surface area contributed by atoms with Crippen LogP contribution in [0.25, 0.3) is 0 Å². The molecule has 4 heteroatoms. The van der Waals surface area contributed by atoms with Crippen LogP contribution in [-0.4, -0.2) is 16.7 Å². The molecule has 0 saturated carbocycles. The summed E-state index contributed by atoms with van der Waals surface area (Å²) in [7, 11) is 0. The fraction of sp³-hybridized carbons (Fsp3) is 0.235. The van der Waals surface area contributed by atoms with Gasteiger partial charge in [-0.25, -0.2) is 4.98 Å². The minimum absolute atomic E-state index is 0.0192. The van der Waals surface area contributed by atoms with Gasteiger partial charge in [-0.1, -0.05) is 18.2 Å². The number of rotatable bonds is 5. The van der Waals surface area contributed by atoms with E-state index in [2.05, 4.69) is 10.3 Å². The molecule has 1 aromatic heterocycles. The highest BCUT2D eigenvalue weighted by molar-refractivity contribution is 5.99. The molecule has 4 nitrogen and oxygen atoms in total. The molecule has 0 aliphatic heterocycles. The summed E-state index contributed by atoms with van der Waals surface area (Å²) >= 11 is 0. The Morgan fingerprint density at radius 2 is 1.86 bits per heavy atom. The van der Waals surface area contributed by atoms with Crippen molar-refractivity contribution in [3.8, 4) is 0 Å². The summed E-state index contributed by atoms with van der Waals surface area (Å²) in [6, 6.07) is 10.9. The summed E-state index contributed by atoms with van der Waals surface area (Å²) in [6.45, 7) is 3.98. The zero-order valence-electron chi connectivity index (χ0n) is 12.2. The predicted molar refractivity (Wildman–Crippen MR) is 82.3 cm³/mol. The second kappa shape index (κ2) is 6.79. The summed E-state index contributed by atoms with van der Waals surface area (Å²) < 4.78 is 0. The van der Waals surface area contributed by atoms with Crippen LogP contribution in [0.3, 0.4) is 0 Å².